The van der Waals surface area contributed by atoms with Crippen LogP contribution >= 0.6 is 0 Å². The fraction of sp³-hybridized carbons (Fsp3) is 0.500. The molecule has 1 aliphatic rings. The normalized spacial score (nSPS) is 17.4. The number of amides is 1. The minimum Gasteiger partial charge on any atom is -0.383 e. The van der Waals surface area contributed by atoms with Gasteiger partial charge in [-0.1, -0.05) is 12.1 Å². The van der Waals surface area contributed by atoms with E-state index >= 15 is 0 Å². The minimum atomic E-state index is -3.81. The molecule has 1 aliphatic carbocycles. The van der Waals surface area contributed by atoms with Crippen LogP contribution in [0.4, 0.5) is 13.2 Å². The van der Waals surface area contributed by atoms with Crippen LogP contribution in [0.1, 0.15) is 30.4 Å². The second kappa shape index (κ2) is 5.09. The van der Waals surface area contributed by atoms with Crippen molar-refractivity contribution >= 4 is 5.91 Å². The van der Waals surface area contributed by atoms with Gasteiger partial charge in [0.25, 0.3) is 5.91 Å². The summed E-state index contributed by atoms with van der Waals surface area (Å²) in [7, 11) is 0. The van der Waals surface area contributed by atoms with Gasteiger partial charge in [0.05, 0.1) is 0 Å². The lowest BCUT2D eigenvalue weighted by Crippen LogP contribution is -2.60. The molecule has 0 aromatic heterocycles. The number of hydrogen-bond acceptors (Lipinski definition) is 2. The molecule has 0 radical (unpaired) electrons. The molecule has 1 aromatic rings. The summed E-state index contributed by atoms with van der Waals surface area (Å²) in [5.41, 5.74) is -1.33. The molecule has 0 aliphatic heterocycles. The number of halogens is 3. The molecular formula is C14H16F3NO2. The van der Waals surface area contributed by atoms with Crippen LogP contribution in [-0.4, -0.2) is 22.5 Å². The van der Waals surface area contributed by atoms with Crippen LogP contribution in [0.5, 0.6) is 0 Å². The Morgan fingerprint density at radius 1 is 1.45 bits per heavy atom. The molecule has 20 heavy (non-hydrogen) atoms. The van der Waals surface area contributed by atoms with Gasteiger partial charge in [0.1, 0.15) is 11.4 Å². The highest BCUT2D eigenvalue weighted by Gasteiger charge is 2.61. The molecule has 1 amide bonds. The highest BCUT2D eigenvalue weighted by molar-refractivity contribution is 5.85. The van der Waals surface area contributed by atoms with Crippen LogP contribution < -0.4 is 5.32 Å². The van der Waals surface area contributed by atoms with Gasteiger partial charge in [-0.25, -0.2) is 4.39 Å². The predicted molar refractivity (Wildman–Crippen MR) is 66.7 cm³/mol. The molecule has 3 nitrogen and oxygen atoms in total. The highest BCUT2D eigenvalue weighted by atomic mass is 19.3. The maximum Gasteiger partial charge on any atom is 0.352 e. The second-order valence-electron chi connectivity index (χ2n) is 5.23. The molecule has 0 bridgehead atoms. The van der Waals surface area contributed by atoms with E-state index in [0.717, 1.165) is 0 Å². The average Bonchev–Trinajstić information content (AvgIpc) is 2.36. The van der Waals surface area contributed by atoms with Gasteiger partial charge >= 0.3 is 5.92 Å². The Bertz CT molecular complexity index is 527. The standard InChI is InChI=1S/C14H16F3NO2/c1-9-7-10(3-4-11(9)15)8-18-12(19)14(16,17)13(20)5-2-6-13/h3-4,7,20H,2,5-6,8H2,1H3,(H,18,19). The SMILES string of the molecule is Cc1cc(CNC(=O)C(F)(F)C2(O)CCC2)ccc1F. The monoisotopic (exact) mass is 287 g/mol. The van der Waals surface area contributed by atoms with Crippen molar-refractivity contribution in [2.24, 2.45) is 0 Å². The lowest BCUT2D eigenvalue weighted by molar-refractivity contribution is -0.216. The molecular weight excluding hydrogens is 271 g/mol. The van der Waals surface area contributed by atoms with E-state index in [4.69, 9.17) is 0 Å². The first-order valence-corrected chi connectivity index (χ1v) is 6.40. The van der Waals surface area contributed by atoms with E-state index < -0.39 is 23.2 Å². The number of carbonyl (C=O) groups excluding carboxylic acids is 1. The number of carbonyl (C=O) groups is 1. The molecule has 1 saturated carbocycles. The van der Waals surface area contributed by atoms with E-state index in [0.29, 0.717) is 17.5 Å². The van der Waals surface area contributed by atoms with Crippen molar-refractivity contribution in [2.75, 3.05) is 0 Å². The molecule has 6 heteroatoms. The number of aliphatic hydroxyl groups is 1. The number of alkyl halides is 2. The first-order chi connectivity index (χ1) is 9.26. The molecule has 0 spiro atoms. The van der Waals surface area contributed by atoms with Gasteiger partial charge in [-0.15, -0.1) is 0 Å². The lowest BCUT2D eigenvalue weighted by Gasteiger charge is -2.41. The predicted octanol–water partition coefficient (Wildman–Crippen LogP) is 2.30. The summed E-state index contributed by atoms with van der Waals surface area (Å²) in [5.74, 6) is -5.70. The molecule has 2 N–H and O–H groups in total. The number of rotatable bonds is 4. The number of hydrogen-bond donors (Lipinski definition) is 2. The maximum absolute atomic E-state index is 13.8. The number of aryl methyl sites for hydroxylation is 1. The molecule has 110 valence electrons. The Balaban J connectivity index is 1.99. The maximum atomic E-state index is 13.8. The van der Waals surface area contributed by atoms with E-state index in [9.17, 15) is 23.1 Å². The van der Waals surface area contributed by atoms with Gasteiger partial charge in [0, 0.05) is 6.54 Å². The van der Waals surface area contributed by atoms with Crippen molar-refractivity contribution in [3.63, 3.8) is 0 Å². The largest absolute Gasteiger partial charge is 0.383 e. The third-order valence-corrected chi connectivity index (χ3v) is 3.73. The second-order valence-corrected chi connectivity index (χ2v) is 5.23. The topological polar surface area (TPSA) is 49.3 Å². The Morgan fingerprint density at radius 3 is 2.60 bits per heavy atom. The van der Waals surface area contributed by atoms with Crippen LogP contribution in [0, 0.1) is 12.7 Å². The Kier molecular flexibility index (Phi) is 3.77. The summed E-state index contributed by atoms with van der Waals surface area (Å²) in [6, 6.07) is 4.11. The van der Waals surface area contributed by atoms with E-state index in [1.54, 1.807) is 6.92 Å². The van der Waals surface area contributed by atoms with Gasteiger partial charge in [0.15, 0.2) is 0 Å². The van der Waals surface area contributed by atoms with Crippen molar-refractivity contribution in [3.8, 4) is 0 Å². The van der Waals surface area contributed by atoms with E-state index in [1.165, 1.54) is 18.2 Å². The zero-order valence-corrected chi connectivity index (χ0v) is 11.0. The molecule has 1 aromatic carbocycles. The first kappa shape index (κ1) is 14.8. The van der Waals surface area contributed by atoms with Crippen molar-refractivity contribution in [2.45, 2.75) is 44.3 Å². The molecule has 1 fully saturated rings. The minimum absolute atomic E-state index is 0.0803. The summed E-state index contributed by atoms with van der Waals surface area (Å²) in [6.07, 6.45) is 0.322. The van der Waals surface area contributed by atoms with Gasteiger partial charge in [-0.2, -0.15) is 8.78 Å². The van der Waals surface area contributed by atoms with Crippen LogP contribution in [0.25, 0.3) is 0 Å². The average molecular weight is 287 g/mol. The van der Waals surface area contributed by atoms with Gasteiger partial charge < -0.3 is 10.4 Å². The Hall–Kier alpha value is -1.56. The summed E-state index contributed by atoms with van der Waals surface area (Å²) in [5, 5.41) is 11.7. The Morgan fingerprint density at radius 2 is 2.10 bits per heavy atom. The fourth-order valence-corrected chi connectivity index (χ4v) is 2.15. The first-order valence-electron chi connectivity index (χ1n) is 6.40. The summed E-state index contributed by atoms with van der Waals surface area (Å²) >= 11 is 0. The zero-order chi connectivity index (χ0) is 15.0. The molecule has 2 rings (SSSR count). The third kappa shape index (κ3) is 2.52. The Labute approximate surface area is 114 Å². The smallest absolute Gasteiger partial charge is 0.352 e. The van der Waals surface area contributed by atoms with Crippen molar-refractivity contribution in [3.05, 3.63) is 35.1 Å². The fourth-order valence-electron chi connectivity index (χ4n) is 2.15. The van der Waals surface area contributed by atoms with Crippen molar-refractivity contribution in [1.82, 2.24) is 5.32 Å². The number of nitrogens with one attached hydrogen (secondary N) is 1. The molecule has 0 atom stereocenters. The van der Waals surface area contributed by atoms with Crippen molar-refractivity contribution < 1.29 is 23.1 Å². The third-order valence-electron chi connectivity index (χ3n) is 3.73. The summed E-state index contributed by atoms with van der Waals surface area (Å²) in [6.45, 7) is 1.41. The molecule has 0 saturated heterocycles. The molecule has 0 unspecified atom stereocenters. The summed E-state index contributed by atoms with van der Waals surface area (Å²) < 4.78 is 40.6. The van der Waals surface area contributed by atoms with E-state index in [-0.39, 0.29) is 19.4 Å². The van der Waals surface area contributed by atoms with E-state index in [2.05, 4.69) is 5.32 Å². The van der Waals surface area contributed by atoms with Gasteiger partial charge in [-0.3, -0.25) is 4.79 Å². The van der Waals surface area contributed by atoms with Crippen LogP contribution in [0.15, 0.2) is 18.2 Å². The quantitative estimate of drug-likeness (QED) is 0.892. The summed E-state index contributed by atoms with van der Waals surface area (Å²) in [4.78, 5) is 11.5. The van der Waals surface area contributed by atoms with Crippen LogP contribution in [-0.2, 0) is 11.3 Å². The van der Waals surface area contributed by atoms with Gasteiger partial charge in [-0.05, 0) is 43.4 Å². The lowest BCUT2D eigenvalue weighted by atomic mass is 9.75. The van der Waals surface area contributed by atoms with Crippen molar-refractivity contribution in [1.29, 1.82) is 0 Å². The van der Waals surface area contributed by atoms with Crippen LogP contribution in [0.2, 0.25) is 0 Å². The number of benzene rings is 1. The molecule has 0 heterocycles. The van der Waals surface area contributed by atoms with Crippen LogP contribution in [0.3, 0.4) is 0 Å². The zero-order valence-electron chi connectivity index (χ0n) is 11.0. The van der Waals surface area contributed by atoms with E-state index in [1.807, 2.05) is 0 Å². The highest BCUT2D eigenvalue weighted by Crippen LogP contribution is 2.44. The van der Waals surface area contributed by atoms with Gasteiger partial charge in [0.2, 0.25) is 0 Å².